The maximum atomic E-state index is 11.0. The number of primary amides is 1. The number of aromatic nitrogens is 3. The smallest absolute Gasteiger partial charge is 0.270 e. The zero-order valence-corrected chi connectivity index (χ0v) is 12.6. The van der Waals surface area contributed by atoms with E-state index in [2.05, 4.69) is 36.3 Å². The van der Waals surface area contributed by atoms with Crippen molar-refractivity contribution in [3.8, 4) is 5.69 Å². The molecule has 0 saturated heterocycles. The number of carbonyl (C=O) groups is 1. The molecule has 0 atom stereocenters. The Balaban J connectivity index is 1.93. The van der Waals surface area contributed by atoms with E-state index >= 15 is 0 Å². The Kier molecular flexibility index (Phi) is 5.09. The highest BCUT2D eigenvalue weighted by Crippen LogP contribution is 2.13. The second-order valence-corrected chi connectivity index (χ2v) is 5.72. The maximum absolute atomic E-state index is 11.0. The lowest BCUT2D eigenvalue weighted by molar-refractivity contribution is 0.0995. The monoisotopic (exact) mass is 286 g/mol. The zero-order chi connectivity index (χ0) is 15.2. The van der Waals surface area contributed by atoms with Crippen molar-refractivity contribution >= 4 is 5.91 Å². The second kappa shape index (κ2) is 7.02. The lowest BCUT2D eigenvalue weighted by Crippen LogP contribution is -2.11. The minimum Gasteiger partial charge on any atom is -0.364 e. The molecule has 0 radical (unpaired) electrons. The Labute approximate surface area is 125 Å². The summed E-state index contributed by atoms with van der Waals surface area (Å²) in [6.07, 6.45) is 6.40. The Morgan fingerprint density at radius 1 is 1.24 bits per heavy atom. The van der Waals surface area contributed by atoms with Gasteiger partial charge in [0.25, 0.3) is 5.91 Å². The van der Waals surface area contributed by atoms with E-state index in [0.29, 0.717) is 0 Å². The van der Waals surface area contributed by atoms with E-state index in [-0.39, 0.29) is 5.69 Å². The van der Waals surface area contributed by atoms with Gasteiger partial charge in [0.1, 0.15) is 0 Å². The maximum Gasteiger partial charge on any atom is 0.270 e. The molecule has 0 unspecified atom stereocenters. The van der Waals surface area contributed by atoms with Crippen molar-refractivity contribution < 1.29 is 4.79 Å². The van der Waals surface area contributed by atoms with Gasteiger partial charge >= 0.3 is 0 Å². The molecular weight excluding hydrogens is 264 g/mol. The average Bonchev–Trinajstić information content (AvgIpc) is 2.94. The van der Waals surface area contributed by atoms with Gasteiger partial charge in [-0.25, -0.2) is 4.68 Å². The van der Waals surface area contributed by atoms with Crippen molar-refractivity contribution in [1.29, 1.82) is 0 Å². The number of benzene rings is 1. The van der Waals surface area contributed by atoms with Gasteiger partial charge in [-0.05, 0) is 36.5 Å². The van der Waals surface area contributed by atoms with Crippen LogP contribution in [0.2, 0.25) is 0 Å². The Morgan fingerprint density at radius 3 is 2.52 bits per heavy atom. The van der Waals surface area contributed by atoms with Crippen molar-refractivity contribution in [3.05, 3.63) is 41.7 Å². The van der Waals surface area contributed by atoms with Gasteiger partial charge < -0.3 is 5.73 Å². The largest absolute Gasteiger partial charge is 0.364 e. The highest BCUT2D eigenvalue weighted by atomic mass is 16.1. The first-order valence-electron chi connectivity index (χ1n) is 7.37. The van der Waals surface area contributed by atoms with Gasteiger partial charge in [-0.3, -0.25) is 4.79 Å². The normalized spacial score (nSPS) is 11.0. The number of nitrogens with zero attached hydrogens (tertiary/aromatic N) is 3. The number of hydrogen-bond acceptors (Lipinski definition) is 3. The van der Waals surface area contributed by atoms with Gasteiger partial charge in [0, 0.05) is 0 Å². The average molecular weight is 286 g/mol. The zero-order valence-electron chi connectivity index (χ0n) is 12.6. The van der Waals surface area contributed by atoms with Crippen LogP contribution in [0.25, 0.3) is 5.69 Å². The fourth-order valence-corrected chi connectivity index (χ4v) is 2.20. The van der Waals surface area contributed by atoms with Crippen LogP contribution in [-0.2, 0) is 6.42 Å². The minimum absolute atomic E-state index is 0.174. The van der Waals surface area contributed by atoms with E-state index in [1.807, 2.05) is 12.1 Å². The number of unbranched alkanes of at least 4 members (excludes halogenated alkanes) is 1. The Hall–Kier alpha value is -2.17. The molecule has 5 heteroatoms. The van der Waals surface area contributed by atoms with E-state index in [4.69, 9.17) is 5.73 Å². The molecule has 1 heterocycles. The minimum atomic E-state index is -0.567. The lowest BCUT2D eigenvalue weighted by Gasteiger charge is -2.05. The molecule has 21 heavy (non-hydrogen) atoms. The van der Waals surface area contributed by atoms with Gasteiger partial charge in [-0.2, -0.15) is 0 Å². The van der Waals surface area contributed by atoms with E-state index in [1.54, 1.807) is 10.9 Å². The number of aryl methyl sites for hydroxylation is 1. The molecule has 2 N–H and O–H groups in total. The summed E-state index contributed by atoms with van der Waals surface area (Å²) in [5, 5.41) is 7.63. The van der Waals surface area contributed by atoms with Crippen LogP contribution in [0.15, 0.2) is 30.5 Å². The number of nitrogens with two attached hydrogens (primary N) is 1. The van der Waals surface area contributed by atoms with Crippen molar-refractivity contribution in [2.45, 2.75) is 39.5 Å². The SMILES string of the molecule is CC(C)CCCCc1ccc(-n2cc(C(N)=O)nn2)cc1. The number of carbonyl (C=O) groups excluding carboxylic acids is 1. The standard InChI is InChI=1S/C16H22N4O/c1-12(2)5-3-4-6-13-7-9-14(10-8-13)20-11-15(16(17)21)18-19-20/h7-12H,3-6H2,1-2H3,(H2,17,21). The van der Waals surface area contributed by atoms with Crippen molar-refractivity contribution in [2.24, 2.45) is 11.7 Å². The molecule has 2 rings (SSSR count). The summed E-state index contributed by atoms with van der Waals surface area (Å²) in [5.41, 5.74) is 7.53. The van der Waals surface area contributed by atoms with Crippen molar-refractivity contribution in [3.63, 3.8) is 0 Å². The van der Waals surface area contributed by atoms with Crippen LogP contribution in [-0.4, -0.2) is 20.9 Å². The highest BCUT2D eigenvalue weighted by Gasteiger charge is 2.07. The fraction of sp³-hybridized carbons (Fsp3) is 0.438. The van der Waals surface area contributed by atoms with Crippen LogP contribution < -0.4 is 5.73 Å². The van der Waals surface area contributed by atoms with Crippen LogP contribution >= 0.6 is 0 Å². The number of rotatable bonds is 7. The summed E-state index contributed by atoms with van der Waals surface area (Å²) < 4.78 is 1.56. The summed E-state index contributed by atoms with van der Waals surface area (Å²) in [6, 6.07) is 8.15. The lowest BCUT2D eigenvalue weighted by atomic mass is 10.0. The third-order valence-electron chi connectivity index (χ3n) is 3.44. The van der Waals surface area contributed by atoms with Crippen molar-refractivity contribution in [1.82, 2.24) is 15.0 Å². The predicted octanol–water partition coefficient (Wildman–Crippen LogP) is 2.73. The van der Waals surface area contributed by atoms with Crippen LogP contribution in [0, 0.1) is 5.92 Å². The molecule has 0 aliphatic rings. The highest BCUT2D eigenvalue weighted by molar-refractivity contribution is 5.90. The first kappa shape index (κ1) is 15.2. The Morgan fingerprint density at radius 2 is 1.95 bits per heavy atom. The van der Waals surface area contributed by atoms with E-state index < -0.39 is 5.91 Å². The molecule has 0 bridgehead atoms. The second-order valence-electron chi connectivity index (χ2n) is 5.72. The molecule has 0 spiro atoms. The van der Waals surface area contributed by atoms with Gasteiger partial charge in [-0.1, -0.05) is 44.0 Å². The summed E-state index contributed by atoms with van der Waals surface area (Å²) in [4.78, 5) is 11.0. The molecule has 0 aliphatic heterocycles. The van der Waals surface area contributed by atoms with E-state index in [9.17, 15) is 4.79 Å². The topological polar surface area (TPSA) is 73.8 Å². The van der Waals surface area contributed by atoms with Gasteiger partial charge in [-0.15, -0.1) is 5.10 Å². The molecular formula is C16H22N4O. The number of hydrogen-bond donors (Lipinski definition) is 1. The van der Waals surface area contributed by atoms with E-state index in [0.717, 1.165) is 18.0 Å². The summed E-state index contributed by atoms with van der Waals surface area (Å²) in [7, 11) is 0. The molecule has 1 amide bonds. The molecule has 0 saturated carbocycles. The quantitative estimate of drug-likeness (QED) is 0.795. The Bertz CT molecular complexity index is 587. The first-order chi connectivity index (χ1) is 10.1. The van der Waals surface area contributed by atoms with Gasteiger partial charge in [0.15, 0.2) is 5.69 Å². The summed E-state index contributed by atoms with van der Waals surface area (Å²) in [6.45, 7) is 4.51. The van der Waals surface area contributed by atoms with Gasteiger partial charge in [0.2, 0.25) is 0 Å². The summed E-state index contributed by atoms with van der Waals surface area (Å²) in [5.74, 6) is 0.210. The fourth-order valence-electron chi connectivity index (χ4n) is 2.20. The van der Waals surface area contributed by atoms with E-state index in [1.165, 1.54) is 24.8 Å². The van der Waals surface area contributed by atoms with Crippen LogP contribution in [0.5, 0.6) is 0 Å². The van der Waals surface area contributed by atoms with Gasteiger partial charge in [0.05, 0.1) is 11.9 Å². The molecule has 0 aliphatic carbocycles. The third-order valence-corrected chi connectivity index (χ3v) is 3.44. The first-order valence-corrected chi connectivity index (χ1v) is 7.37. The van der Waals surface area contributed by atoms with Crippen LogP contribution in [0.3, 0.4) is 0 Å². The van der Waals surface area contributed by atoms with Crippen LogP contribution in [0.1, 0.15) is 49.2 Å². The van der Waals surface area contributed by atoms with Crippen molar-refractivity contribution in [2.75, 3.05) is 0 Å². The summed E-state index contributed by atoms with van der Waals surface area (Å²) >= 11 is 0. The molecule has 2 aromatic rings. The predicted molar refractivity (Wildman–Crippen MR) is 82.3 cm³/mol. The van der Waals surface area contributed by atoms with Crippen LogP contribution in [0.4, 0.5) is 0 Å². The molecule has 1 aromatic carbocycles. The molecule has 0 fully saturated rings. The molecule has 5 nitrogen and oxygen atoms in total. The molecule has 112 valence electrons. The number of amides is 1. The molecule has 1 aromatic heterocycles. The third kappa shape index (κ3) is 4.41.